The van der Waals surface area contributed by atoms with Gasteiger partial charge in [0.1, 0.15) is 0 Å². The summed E-state index contributed by atoms with van der Waals surface area (Å²) in [5.74, 6) is -0.259. The van der Waals surface area contributed by atoms with Crippen molar-refractivity contribution in [2.45, 2.75) is 44.7 Å². The standard InChI is InChI=1S/C12H20N2O3/c1-2-17-12(16)10(13)11(15)14(9-5-6-9)7-8-3-4-8/h8-10H,2-7,13H2,1H3. The maximum absolute atomic E-state index is 12.1. The van der Waals surface area contributed by atoms with Gasteiger partial charge in [-0.15, -0.1) is 0 Å². The van der Waals surface area contributed by atoms with E-state index in [-0.39, 0.29) is 12.5 Å². The summed E-state index contributed by atoms with van der Waals surface area (Å²) in [4.78, 5) is 25.3. The van der Waals surface area contributed by atoms with E-state index < -0.39 is 12.0 Å². The predicted octanol–water partition coefficient (Wildman–Crippen LogP) is 0.278. The largest absolute Gasteiger partial charge is 0.464 e. The number of nitrogens with zero attached hydrogens (tertiary/aromatic N) is 1. The van der Waals surface area contributed by atoms with Crippen molar-refractivity contribution < 1.29 is 14.3 Å². The predicted molar refractivity (Wildman–Crippen MR) is 62.1 cm³/mol. The van der Waals surface area contributed by atoms with Crippen LogP contribution in [-0.2, 0) is 14.3 Å². The van der Waals surface area contributed by atoms with Crippen molar-refractivity contribution in [2.75, 3.05) is 13.2 Å². The topological polar surface area (TPSA) is 72.6 Å². The van der Waals surface area contributed by atoms with Gasteiger partial charge in [0.2, 0.25) is 0 Å². The minimum absolute atomic E-state index is 0.256. The van der Waals surface area contributed by atoms with E-state index in [0.29, 0.717) is 12.0 Å². The van der Waals surface area contributed by atoms with E-state index in [1.165, 1.54) is 12.8 Å². The van der Waals surface area contributed by atoms with E-state index in [4.69, 9.17) is 10.5 Å². The number of amides is 1. The van der Waals surface area contributed by atoms with Gasteiger partial charge in [-0.1, -0.05) is 0 Å². The fraction of sp³-hybridized carbons (Fsp3) is 0.833. The van der Waals surface area contributed by atoms with E-state index in [9.17, 15) is 9.59 Å². The first kappa shape index (κ1) is 12.4. The number of carbonyl (C=O) groups excluding carboxylic acids is 2. The van der Waals surface area contributed by atoms with Crippen LogP contribution in [0, 0.1) is 5.92 Å². The molecule has 1 unspecified atom stereocenters. The quantitative estimate of drug-likeness (QED) is 0.534. The van der Waals surface area contributed by atoms with Crippen LogP contribution < -0.4 is 5.73 Å². The Morgan fingerprint density at radius 3 is 2.47 bits per heavy atom. The zero-order valence-electron chi connectivity index (χ0n) is 10.2. The Morgan fingerprint density at radius 2 is 2.00 bits per heavy atom. The van der Waals surface area contributed by atoms with Crippen LogP contribution in [0.15, 0.2) is 0 Å². The minimum Gasteiger partial charge on any atom is -0.464 e. The molecule has 1 amide bonds. The van der Waals surface area contributed by atoms with Gasteiger partial charge in [0.05, 0.1) is 6.61 Å². The molecule has 2 aliphatic rings. The number of ether oxygens (including phenoxy) is 1. The molecule has 0 spiro atoms. The first-order valence-corrected chi connectivity index (χ1v) is 6.36. The van der Waals surface area contributed by atoms with Gasteiger partial charge in [0.25, 0.3) is 5.91 Å². The third-order valence-electron chi connectivity index (χ3n) is 3.23. The molecule has 96 valence electrons. The fourth-order valence-electron chi connectivity index (χ4n) is 1.90. The molecule has 17 heavy (non-hydrogen) atoms. The van der Waals surface area contributed by atoms with Crippen molar-refractivity contribution in [3.63, 3.8) is 0 Å². The highest BCUT2D eigenvalue weighted by atomic mass is 16.5. The van der Waals surface area contributed by atoms with Gasteiger partial charge in [-0.3, -0.25) is 4.79 Å². The molecule has 0 radical (unpaired) electrons. The molecule has 0 saturated heterocycles. The van der Waals surface area contributed by atoms with Gasteiger partial charge in [0, 0.05) is 12.6 Å². The van der Waals surface area contributed by atoms with Crippen LogP contribution in [0.25, 0.3) is 0 Å². The summed E-state index contributed by atoms with van der Waals surface area (Å²) in [6, 6.07) is -0.835. The van der Waals surface area contributed by atoms with Crippen LogP contribution in [-0.4, -0.2) is 42.0 Å². The molecule has 0 aromatic carbocycles. The summed E-state index contributed by atoms with van der Waals surface area (Å²) in [6.45, 7) is 2.72. The first-order chi connectivity index (χ1) is 8.13. The second kappa shape index (κ2) is 5.04. The van der Waals surface area contributed by atoms with Crippen molar-refractivity contribution in [1.29, 1.82) is 0 Å². The Morgan fingerprint density at radius 1 is 1.35 bits per heavy atom. The molecule has 0 heterocycles. The monoisotopic (exact) mass is 240 g/mol. The summed E-state index contributed by atoms with van der Waals surface area (Å²) in [5.41, 5.74) is 5.64. The lowest BCUT2D eigenvalue weighted by molar-refractivity contribution is -0.151. The Labute approximate surface area is 101 Å². The summed E-state index contributed by atoms with van der Waals surface area (Å²) >= 11 is 0. The van der Waals surface area contributed by atoms with Crippen LogP contribution in [0.3, 0.4) is 0 Å². The van der Waals surface area contributed by atoms with E-state index in [1.54, 1.807) is 11.8 Å². The van der Waals surface area contributed by atoms with Crippen molar-refractivity contribution in [3.05, 3.63) is 0 Å². The molecule has 0 bridgehead atoms. The van der Waals surface area contributed by atoms with Gasteiger partial charge in [0.15, 0.2) is 6.04 Å². The van der Waals surface area contributed by atoms with Crippen LogP contribution in [0.5, 0.6) is 0 Å². The van der Waals surface area contributed by atoms with Crippen molar-refractivity contribution in [1.82, 2.24) is 4.90 Å². The number of hydrogen-bond donors (Lipinski definition) is 1. The van der Waals surface area contributed by atoms with Gasteiger partial charge in [-0.25, -0.2) is 4.79 Å². The lowest BCUT2D eigenvalue weighted by atomic mass is 10.2. The van der Waals surface area contributed by atoms with Crippen molar-refractivity contribution in [3.8, 4) is 0 Å². The van der Waals surface area contributed by atoms with Crippen LogP contribution in [0.2, 0.25) is 0 Å². The summed E-state index contributed by atoms with van der Waals surface area (Å²) in [5, 5.41) is 0. The highest BCUT2D eigenvalue weighted by Gasteiger charge is 2.40. The molecule has 2 rings (SSSR count). The molecule has 2 fully saturated rings. The number of esters is 1. The SMILES string of the molecule is CCOC(=O)C(N)C(=O)N(CC1CC1)C1CC1. The maximum Gasteiger partial charge on any atom is 0.332 e. The van der Waals surface area contributed by atoms with Crippen LogP contribution in [0.4, 0.5) is 0 Å². The Bertz CT molecular complexity index is 311. The van der Waals surface area contributed by atoms with E-state index >= 15 is 0 Å². The lowest BCUT2D eigenvalue weighted by Gasteiger charge is -2.24. The van der Waals surface area contributed by atoms with Crippen molar-refractivity contribution >= 4 is 11.9 Å². The number of carbonyl (C=O) groups is 2. The number of hydrogen-bond acceptors (Lipinski definition) is 4. The summed E-state index contributed by atoms with van der Waals surface area (Å²) in [7, 11) is 0. The Kier molecular flexibility index (Phi) is 3.66. The first-order valence-electron chi connectivity index (χ1n) is 6.36. The molecular formula is C12H20N2O3. The zero-order chi connectivity index (χ0) is 12.4. The van der Waals surface area contributed by atoms with E-state index in [2.05, 4.69) is 0 Å². The van der Waals surface area contributed by atoms with E-state index in [0.717, 1.165) is 19.4 Å². The maximum atomic E-state index is 12.1. The molecule has 1 atom stereocenters. The second-order valence-electron chi connectivity index (χ2n) is 4.89. The van der Waals surface area contributed by atoms with E-state index in [1.807, 2.05) is 0 Å². The zero-order valence-corrected chi connectivity index (χ0v) is 10.2. The van der Waals surface area contributed by atoms with Crippen LogP contribution >= 0.6 is 0 Å². The third kappa shape index (κ3) is 3.19. The lowest BCUT2D eigenvalue weighted by Crippen LogP contribution is -2.50. The third-order valence-corrected chi connectivity index (χ3v) is 3.23. The van der Waals surface area contributed by atoms with Gasteiger partial charge in [-0.2, -0.15) is 0 Å². The average Bonchev–Trinajstić information content (AvgIpc) is 3.16. The summed E-state index contributed by atoms with van der Waals surface area (Å²) in [6.07, 6.45) is 4.44. The molecule has 2 saturated carbocycles. The van der Waals surface area contributed by atoms with Gasteiger partial charge in [-0.05, 0) is 38.5 Å². The molecule has 5 nitrogen and oxygen atoms in total. The average molecular weight is 240 g/mol. The Hall–Kier alpha value is -1.10. The fourth-order valence-corrected chi connectivity index (χ4v) is 1.90. The molecule has 2 aliphatic carbocycles. The van der Waals surface area contributed by atoms with Crippen molar-refractivity contribution in [2.24, 2.45) is 11.7 Å². The normalized spacial score (nSPS) is 20.8. The van der Waals surface area contributed by atoms with Gasteiger partial charge >= 0.3 is 5.97 Å². The molecule has 0 aromatic heterocycles. The number of nitrogens with two attached hydrogens (primary N) is 1. The molecular weight excluding hydrogens is 220 g/mol. The molecule has 0 aliphatic heterocycles. The minimum atomic E-state index is -1.14. The van der Waals surface area contributed by atoms with Crippen LogP contribution in [0.1, 0.15) is 32.6 Å². The smallest absolute Gasteiger partial charge is 0.332 e. The number of rotatable bonds is 6. The molecule has 0 aromatic rings. The molecule has 2 N–H and O–H groups in total. The highest BCUT2D eigenvalue weighted by molar-refractivity contribution is 6.01. The van der Waals surface area contributed by atoms with Gasteiger partial charge < -0.3 is 15.4 Å². The molecule has 5 heteroatoms. The summed E-state index contributed by atoms with van der Waals surface area (Å²) < 4.78 is 4.78. The Balaban J connectivity index is 1.91. The second-order valence-corrected chi connectivity index (χ2v) is 4.89. The highest BCUT2D eigenvalue weighted by Crippen LogP contribution is 2.35.